The van der Waals surface area contributed by atoms with Gasteiger partial charge in [-0.3, -0.25) is 4.98 Å². The molecule has 9 nitrogen and oxygen atoms in total. The molecule has 43 heavy (non-hydrogen) atoms. The Balaban J connectivity index is 1.28. The third kappa shape index (κ3) is 5.25. The minimum Gasteiger partial charge on any atom is -0.453 e. The fraction of sp³-hybridized carbons (Fsp3) is 0.438. The second-order valence-electron chi connectivity index (χ2n) is 12.1. The van der Waals surface area contributed by atoms with E-state index in [1.807, 2.05) is 12.3 Å². The number of aliphatic hydroxyl groups is 1. The minimum atomic E-state index is -1.17. The Morgan fingerprint density at radius 2 is 1.93 bits per heavy atom. The lowest BCUT2D eigenvalue weighted by atomic mass is 9.72. The molecule has 226 valence electrons. The Labute approximate surface area is 248 Å². The van der Waals surface area contributed by atoms with Crippen molar-refractivity contribution in [1.29, 1.82) is 0 Å². The first-order chi connectivity index (χ1) is 20.6. The van der Waals surface area contributed by atoms with Crippen LogP contribution in [-0.4, -0.2) is 61.9 Å². The fourth-order valence-corrected chi connectivity index (χ4v) is 6.99. The van der Waals surface area contributed by atoms with Crippen molar-refractivity contribution in [2.45, 2.75) is 69.1 Å². The molecule has 0 aliphatic heterocycles. The molecule has 6 rings (SSSR count). The number of pyridine rings is 1. The van der Waals surface area contributed by atoms with Crippen molar-refractivity contribution in [3.63, 3.8) is 0 Å². The SMILES string of the molecule is COC(=O)N(C)[C@@H]1[C@H](N)C[C@H](c2ccncc2Cc2ncc3ccc(-c4c(F)cc(C5(O)CCC5)cc4F)nn23)C[C@@H]1C. The van der Waals surface area contributed by atoms with Crippen molar-refractivity contribution < 1.29 is 23.4 Å². The lowest BCUT2D eigenvalue weighted by Gasteiger charge is -2.43. The number of carbonyl (C=O) groups is 1. The van der Waals surface area contributed by atoms with Crippen LogP contribution in [0.2, 0.25) is 0 Å². The second kappa shape index (κ2) is 11.3. The molecule has 0 unspecified atom stereocenters. The molecule has 2 aliphatic rings. The highest BCUT2D eigenvalue weighted by molar-refractivity contribution is 5.67. The van der Waals surface area contributed by atoms with Gasteiger partial charge in [-0.15, -0.1) is 0 Å². The zero-order valence-electron chi connectivity index (χ0n) is 24.5. The van der Waals surface area contributed by atoms with Crippen LogP contribution >= 0.6 is 0 Å². The highest BCUT2D eigenvalue weighted by Gasteiger charge is 2.39. The molecule has 4 atom stereocenters. The number of ether oxygens (including phenoxy) is 1. The number of fused-ring (bicyclic) bond motifs is 1. The molecule has 3 heterocycles. The second-order valence-corrected chi connectivity index (χ2v) is 12.1. The lowest BCUT2D eigenvalue weighted by Crippen LogP contribution is -2.55. The molecule has 2 saturated carbocycles. The maximum atomic E-state index is 15.3. The van der Waals surface area contributed by atoms with Crippen molar-refractivity contribution in [2.24, 2.45) is 11.7 Å². The Kier molecular flexibility index (Phi) is 7.64. The molecule has 0 saturated heterocycles. The van der Waals surface area contributed by atoms with E-state index < -0.39 is 23.3 Å². The molecule has 0 radical (unpaired) electrons. The average molecular weight is 591 g/mol. The van der Waals surface area contributed by atoms with Crippen LogP contribution < -0.4 is 5.73 Å². The van der Waals surface area contributed by atoms with Crippen LogP contribution in [-0.2, 0) is 16.8 Å². The number of nitrogens with two attached hydrogens (primary N) is 1. The number of methoxy groups -OCH3 is 1. The number of rotatable bonds is 6. The molecule has 2 fully saturated rings. The van der Waals surface area contributed by atoms with Gasteiger partial charge in [-0.2, -0.15) is 5.10 Å². The van der Waals surface area contributed by atoms with E-state index in [1.165, 1.54) is 19.2 Å². The van der Waals surface area contributed by atoms with Gasteiger partial charge in [-0.05, 0) is 91.0 Å². The highest BCUT2D eigenvalue weighted by Crippen LogP contribution is 2.43. The van der Waals surface area contributed by atoms with Crippen LogP contribution in [0.15, 0.2) is 48.9 Å². The molecule has 0 bridgehead atoms. The van der Waals surface area contributed by atoms with Crippen molar-refractivity contribution in [1.82, 2.24) is 24.5 Å². The van der Waals surface area contributed by atoms with E-state index in [0.29, 0.717) is 37.0 Å². The number of nitrogens with zero attached hydrogens (tertiary/aromatic N) is 5. The van der Waals surface area contributed by atoms with Crippen molar-refractivity contribution >= 4 is 11.6 Å². The van der Waals surface area contributed by atoms with Crippen molar-refractivity contribution in [3.05, 3.63) is 83.1 Å². The summed E-state index contributed by atoms with van der Waals surface area (Å²) in [4.78, 5) is 22.7. The minimum absolute atomic E-state index is 0.133. The largest absolute Gasteiger partial charge is 0.453 e. The van der Waals surface area contributed by atoms with Gasteiger partial charge in [0.05, 0.1) is 41.7 Å². The average Bonchev–Trinajstić information content (AvgIpc) is 3.36. The van der Waals surface area contributed by atoms with E-state index in [0.717, 1.165) is 24.0 Å². The van der Waals surface area contributed by atoms with E-state index in [1.54, 1.807) is 41.0 Å². The van der Waals surface area contributed by atoms with E-state index in [-0.39, 0.29) is 40.7 Å². The number of imidazole rings is 1. The Morgan fingerprint density at radius 1 is 1.19 bits per heavy atom. The van der Waals surface area contributed by atoms with Gasteiger partial charge in [0.15, 0.2) is 0 Å². The van der Waals surface area contributed by atoms with Crippen LogP contribution in [0, 0.1) is 17.6 Å². The summed E-state index contributed by atoms with van der Waals surface area (Å²) >= 11 is 0. The van der Waals surface area contributed by atoms with Gasteiger partial charge in [0.2, 0.25) is 0 Å². The van der Waals surface area contributed by atoms with Gasteiger partial charge in [0.1, 0.15) is 17.5 Å². The van der Waals surface area contributed by atoms with E-state index in [2.05, 4.69) is 22.0 Å². The van der Waals surface area contributed by atoms with Crippen LogP contribution in [0.1, 0.15) is 67.5 Å². The lowest BCUT2D eigenvalue weighted by molar-refractivity contribution is -0.0392. The van der Waals surface area contributed by atoms with Gasteiger partial charge >= 0.3 is 6.09 Å². The van der Waals surface area contributed by atoms with E-state index in [4.69, 9.17) is 10.5 Å². The standard InChI is InChI=1S/C32H36F2N6O3/c1-18-11-19(12-26(35)30(18)39(2)31(41)43-3)23-7-10-36-16-20(23)13-28-37-17-22-5-6-27(38-40(22)28)29-24(33)14-21(15-25(29)34)32(42)8-4-9-32/h5-7,10,14-19,26,30,42H,4,8-9,11-13,35H2,1-3H3/t18-,19+,26+,30-/m0/s1. The Morgan fingerprint density at radius 3 is 2.58 bits per heavy atom. The van der Waals surface area contributed by atoms with Crippen molar-refractivity contribution in [2.75, 3.05) is 14.2 Å². The summed E-state index contributed by atoms with van der Waals surface area (Å²) in [6, 6.07) is 7.35. The Hall–Kier alpha value is -3.96. The Bertz CT molecular complexity index is 1640. The summed E-state index contributed by atoms with van der Waals surface area (Å²) in [7, 11) is 3.09. The fourth-order valence-electron chi connectivity index (χ4n) is 6.99. The van der Waals surface area contributed by atoms with Gasteiger partial charge in [0.25, 0.3) is 0 Å². The predicted octanol–water partition coefficient (Wildman–Crippen LogP) is 4.94. The van der Waals surface area contributed by atoms with E-state index in [9.17, 15) is 9.90 Å². The molecule has 0 spiro atoms. The molecule has 3 N–H and O–H groups in total. The number of hydrogen-bond acceptors (Lipinski definition) is 7. The first-order valence-electron chi connectivity index (χ1n) is 14.6. The third-order valence-corrected chi connectivity index (χ3v) is 9.35. The van der Waals surface area contributed by atoms with Crippen LogP contribution in [0.3, 0.4) is 0 Å². The normalized spacial score (nSPS) is 23.1. The molecule has 1 amide bonds. The number of hydrogen-bond donors (Lipinski definition) is 2. The molecule has 11 heteroatoms. The number of amides is 1. The monoisotopic (exact) mass is 590 g/mol. The summed E-state index contributed by atoms with van der Waals surface area (Å²) in [6.45, 7) is 2.10. The zero-order chi connectivity index (χ0) is 30.5. The number of halogens is 2. The van der Waals surface area contributed by atoms with Crippen LogP contribution in [0.5, 0.6) is 0 Å². The molecular weight excluding hydrogens is 554 g/mol. The molecular formula is C32H36F2N6O3. The quantitative estimate of drug-likeness (QED) is 0.327. The first-order valence-corrected chi connectivity index (χ1v) is 14.6. The smallest absolute Gasteiger partial charge is 0.409 e. The maximum Gasteiger partial charge on any atom is 0.409 e. The molecule has 3 aromatic heterocycles. The maximum absolute atomic E-state index is 15.3. The highest BCUT2D eigenvalue weighted by atomic mass is 19.1. The van der Waals surface area contributed by atoms with Gasteiger partial charge < -0.3 is 20.5 Å². The summed E-state index contributed by atoms with van der Waals surface area (Å²) in [5.41, 5.74) is 8.35. The number of likely N-dealkylation sites (N-methyl/N-ethyl adjacent to an activating group) is 1. The number of benzene rings is 1. The van der Waals surface area contributed by atoms with Gasteiger partial charge in [-0.25, -0.2) is 23.1 Å². The van der Waals surface area contributed by atoms with Crippen molar-refractivity contribution in [3.8, 4) is 11.3 Å². The van der Waals surface area contributed by atoms with Crippen LogP contribution in [0.25, 0.3) is 16.8 Å². The number of aromatic nitrogens is 4. The summed E-state index contributed by atoms with van der Waals surface area (Å²) in [5, 5.41) is 15.2. The molecule has 1 aromatic carbocycles. The van der Waals surface area contributed by atoms with Crippen LogP contribution in [0.4, 0.5) is 13.6 Å². The van der Waals surface area contributed by atoms with Gasteiger partial charge in [-0.1, -0.05) is 6.92 Å². The predicted molar refractivity (Wildman–Crippen MR) is 156 cm³/mol. The summed E-state index contributed by atoms with van der Waals surface area (Å²) < 4.78 is 37.0. The topological polar surface area (TPSA) is 119 Å². The summed E-state index contributed by atoms with van der Waals surface area (Å²) in [6.07, 6.45) is 8.55. The van der Waals surface area contributed by atoms with Gasteiger partial charge in [0, 0.05) is 31.9 Å². The third-order valence-electron chi connectivity index (χ3n) is 9.35. The zero-order valence-corrected chi connectivity index (χ0v) is 24.5. The van der Waals surface area contributed by atoms with E-state index >= 15 is 8.78 Å². The molecule has 2 aliphatic carbocycles. The summed E-state index contributed by atoms with van der Waals surface area (Å²) in [5.74, 6) is -0.651. The molecule has 4 aromatic rings. The first kappa shape index (κ1) is 29.1. The number of carbonyl (C=O) groups excluding carboxylic acids is 1.